The molecule has 1 amide bonds. The average molecular weight is 219 g/mol. The molecule has 1 heterocycles. The van der Waals surface area contributed by atoms with E-state index < -0.39 is 5.41 Å². The largest absolute Gasteiger partial charge is 0.334 e. The SMILES string of the molecule is C=CCN1CC(=C)C2(CCCCC2=O)C1=O. The van der Waals surface area contributed by atoms with Gasteiger partial charge in [0.2, 0.25) is 5.91 Å². The Morgan fingerprint density at radius 2 is 2.12 bits per heavy atom. The Labute approximate surface area is 95.8 Å². The van der Waals surface area contributed by atoms with Crippen molar-refractivity contribution in [2.45, 2.75) is 25.7 Å². The molecule has 1 spiro atoms. The average Bonchev–Trinajstić information content (AvgIpc) is 2.49. The van der Waals surface area contributed by atoms with Crippen molar-refractivity contribution in [2.75, 3.05) is 13.1 Å². The van der Waals surface area contributed by atoms with Crippen molar-refractivity contribution in [3.63, 3.8) is 0 Å². The molecule has 86 valence electrons. The van der Waals surface area contributed by atoms with Crippen LogP contribution in [0.15, 0.2) is 24.8 Å². The molecular weight excluding hydrogens is 202 g/mol. The molecule has 2 fully saturated rings. The molecule has 0 radical (unpaired) electrons. The Hall–Kier alpha value is -1.38. The number of carbonyl (C=O) groups is 2. The molecule has 1 saturated carbocycles. The van der Waals surface area contributed by atoms with Gasteiger partial charge in [0.05, 0.1) is 0 Å². The van der Waals surface area contributed by atoms with E-state index in [0.29, 0.717) is 25.9 Å². The zero-order valence-corrected chi connectivity index (χ0v) is 9.50. The van der Waals surface area contributed by atoms with Crippen LogP contribution < -0.4 is 0 Å². The minimum absolute atomic E-state index is 0.0536. The van der Waals surface area contributed by atoms with E-state index in [1.165, 1.54) is 0 Å². The van der Waals surface area contributed by atoms with E-state index in [1.807, 2.05) is 0 Å². The number of hydrogen-bond acceptors (Lipinski definition) is 2. The van der Waals surface area contributed by atoms with Crippen molar-refractivity contribution in [1.29, 1.82) is 0 Å². The molecule has 0 aromatic carbocycles. The fourth-order valence-electron chi connectivity index (χ4n) is 2.79. The van der Waals surface area contributed by atoms with E-state index >= 15 is 0 Å². The van der Waals surface area contributed by atoms with Crippen LogP contribution in [-0.2, 0) is 9.59 Å². The highest BCUT2D eigenvalue weighted by molar-refractivity contribution is 6.11. The first-order chi connectivity index (χ1) is 7.63. The minimum Gasteiger partial charge on any atom is -0.334 e. The second-order valence-electron chi connectivity index (χ2n) is 4.61. The van der Waals surface area contributed by atoms with Gasteiger partial charge >= 0.3 is 0 Å². The summed E-state index contributed by atoms with van der Waals surface area (Å²) in [5.74, 6) is 0.0161. The van der Waals surface area contributed by atoms with Gasteiger partial charge in [0.15, 0.2) is 5.78 Å². The third-order valence-corrected chi connectivity index (χ3v) is 3.67. The standard InChI is InChI=1S/C13H17NO2/c1-3-8-14-9-10(2)13(12(14)16)7-5-4-6-11(13)15/h3H,1-2,4-9H2. The summed E-state index contributed by atoms with van der Waals surface area (Å²) in [6, 6.07) is 0. The summed E-state index contributed by atoms with van der Waals surface area (Å²) in [6.45, 7) is 8.59. The summed E-state index contributed by atoms with van der Waals surface area (Å²) in [6.07, 6.45) is 4.71. The van der Waals surface area contributed by atoms with Crippen LogP contribution in [0.1, 0.15) is 25.7 Å². The van der Waals surface area contributed by atoms with Crippen LogP contribution in [0.4, 0.5) is 0 Å². The van der Waals surface area contributed by atoms with Crippen LogP contribution in [0.5, 0.6) is 0 Å². The predicted molar refractivity (Wildman–Crippen MR) is 61.8 cm³/mol. The van der Waals surface area contributed by atoms with Crippen molar-refractivity contribution < 1.29 is 9.59 Å². The van der Waals surface area contributed by atoms with Gasteiger partial charge in [0.1, 0.15) is 5.41 Å². The summed E-state index contributed by atoms with van der Waals surface area (Å²) in [7, 11) is 0. The maximum atomic E-state index is 12.3. The number of amides is 1. The lowest BCUT2D eigenvalue weighted by atomic mass is 9.70. The Morgan fingerprint density at radius 3 is 2.75 bits per heavy atom. The molecule has 16 heavy (non-hydrogen) atoms. The van der Waals surface area contributed by atoms with Crippen molar-refractivity contribution in [3.8, 4) is 0 Å². The highest BCUT2D eigenvalue weighted by Crippen LogP contribution is 2.45. The van der Waals surface area contributed by atoms with Gasteiger partial charge < -0.3 is 4.90 Å². The maximum absolute atomic E-state index is 12.3. The van der Waals surface area contributed by atoms with Crippen molar-refractivity contribution in [2.24, 2.45) is 5.41 Å². The van der Waals surface area contributed by atoms with E-state index in [2.05, 4.69) is 13.2 Å². The van der Waals surface area contributed by atoms with Gasteiger partial charge in [-0.3, -0.25) is 9.59 Å². The number of likely N-dealkylation sites (tertiary alicyclic amines) is 1. The fourth-order valence-corrected chi connectivity index (χ4v) is 2.79. The van der Waals surface area contributed by atoms with Gasteiger partial charge in [-0.2, -0.15) is 0 Å². The summed E-state index contributed by atoms with van der Waals surface area (Å²) < 4.78 is 0. The van der Waals surface area contributed by atoms with Crippen LogP contribution in [0.2, 0.25) is 0 Å². The molecule has 2 aliphatic rings. The van der Waals surface area contributed by atoms with Crippen LogP contribution in [-0.4, -0.2) is 29.7 Å². The lowest BCUT2D eigenvalue weighted by Crippen LogP contribution is -2.43. The van der Waals surface area contributed by atoms with Gasteiger partial charge in [-0.1, -0.05) is 19.1 Å². The molecule has 0 bridgehead atoms. The monoisotopic (exact) mass is 219 g/mol. The molecule has 0 aromatic heterocycles. The zero-order valence-electron chi connectivity index (χ0n) is 9.50. The zero-order chi connectivity index (χ0) is 11.8. The molecule has 0 N–H and O–H groups in total. The maximum Gasteiger partial charge on any atom is 0.241 e. The number of hydrogen-bond donors (Lipinski definition) is 0. The number of Topliss-reactive ketones (excluding diaryl/α,β-unsaturated/α-hetero) is 1. The van der Waals surface area contributed by atoms with Crippen molar-refractivity contribution in [3.05, 3.63) is 24.8 Å². The molecule has 1 aliphatic carbocycles. The first-order valence-corrected chi connectivity index (χ1v) is 5.75. The van der Waals surface area contributed by atoms with E-state index in [0.717, 1.165) is 18.4 Å². The molecule has 1 saturated heterocycles. The van der Waals surface area contributed by atoms with Crippen LogP contribution in [0.25, 0.3) is 0 Å². The Kier molecular flexibility index (Phi) is 2.70. The quantitative estimate of drug-likeness (QED) is 0.523. The van der Waals surface area contributed by atoms with Gasteiger partial charge in [0.25, 0.3) is 0 Å². The molecule has 2 rings (SSSR count). The Bertz CT molecular complexity index is 372. The lowest BCUT2D eigenvalue weighted by molar-refractivity contribution is -0.144. The molecular formula is C13H17NO2. The van der Waals surface area contributed by atoms with E-state index in [1.54, 1.807) is 11.0 Å². The minimum atomic E-state index is -0.874. The third kappa shape index (κ3) is 1.34. The van der Waals surface area contributed by atoms with Crippen LogP contribution >= 0.6 is 0 Å². The highest BCUT2D eigenvalue weighted by Gasteiger charge is 2.54. The lowest BCUT2D eigenvalue weighted by Gasteiger charge is -2.30. The Morgan fingerprint density at radius 1 is 1.38 bits per heavy atom. The molecule has 1 aliphatic heterocycles. The smallest absolute Gasteiger partial charge is 0.241 e. The first-order valence-electron chi connectivity index (χ1n) is 5.75. The van der Waals surface area contributed by atoms with Gasteiger partial charge in [-0.15, -0.1) is 6.58 Å². The predicted octanol–water partition coefficient (Wildman–Crippen LogP) is 1.70. The van der Waals surface area contributed by atoms with Gasteiger partial charge in [-0.05, 0) is 18.4 Å². The number of carbonyl (C=O) groups excluding carboxylic acids is 2. The number of ketones is 1. The highest BCUT2D eigenvalue weighted by atomic mass is 16.2. The summed E-state index contributed by atoms with van der Waals surface area (Å²) >= 11 is 0. The van der Waals surface area contributed by atoms with Crippen molar-refractivity contribution >= 4 is 11.7 Å². The first kappa shape index (κ1) is 11.1. The molecule has 1 atom stereocenters. The van der Waals surface area contributed by atoms with Crippen molar-refractivity contribution in [1.82, 2.24) is 4.90 Å². The molecule has 1 unspecified atom stereocenters. The molecule has 3 heteroatoms. The Balaban J connectivity index is 2.33. The van der Waals surface area contributed by atoms with E-state index in [4.69, 9.17) is 0 Å². The second-order valence-corrected chi connectivity index (χ2v) is 4.61. The molecule has 3 nitrogen and oxygen atoms in total. The molecule has 0 aromatic rings. The van der Waals surface area contributed by atoms with Crippen LogP contribution in [0, 0.1) is 5.41 Å². The van der Waals surface area contributed by atoms with Crippen LogP contribution in [0.3, 0.4) is 0 Å². The summed E-state index contributed by atoms with van der Waals surface area (Å²) in [5, 5.41) is 0. The normalized spacial score (nSPS) is 30.2. The fraction of sp³-hybridized carbons (Fsp3) is 0.538. The number of nitrogens with zero attached hydrogens (tertiary/aromatic N) is 1. The summed E-state index contributed by atoms with van der Waals surface area (Å²) in [4.78, 5) is 26.0. The third-order valence-electron chi connectivity index (χ3n) is 3.67. The summed E-state index contributed by atoms with van der Waals surface area (Å²) in [5.41, 5.74) is -0.0922. The second kappa shape index (κ2) is 3.89. The van der Waals surface area contributed by atoms with Gasteiger partial charge in [-0.25, -0.2) is 0 Å². The number of rotatable bonds is 2. The van der Waals surface area contributed by atoms with E-state index in [-0.39, 0.29) is 11.7 Å². The van der Waals surface area contributed by atoms with Gasteiger partial charge in [0, 0.05) is 19.5 Å². The van der Waals surface area contributed by atoms with E-state index in [9.17, 15) is 9.59 Å². The topological polar surface area (TPSA) is 37.4 Å².